The Morgan fingerprint density at radius 3 is 2.18 bits per heavy atom. The molecule has 0 heterocycles. The summed E-state index contributed by atoms with van der Waals surface area (Å²) >= 11 is 0. The van der Waals surface area contributed by atoms with Crippen molar-refractivity contribution in [3.05, 3.63) is 70.3 Å². The number of anilines is 1. The molecule has 1 amide bonds. The molecule has 0 fully saturated rings. The van der Waals surface area contributed by atoms with E-state index in [0.29, 0.717) is 30.6 Å². The van der Waals surface area contributed by atoms with Crippen LogP contribution in [0.25, 0.3) is 0 Å². The summed E-state index contributed by atoms with van der Waals surface area (Å²) in [4.78, 5) is 32.4. The summed E-state index contributed by atoms with van der Waals surface area (Å²) in [6, 6.07) is 13.4. The Morgan fingerprint density at radius 2 is 1.68 bits per heavy atom. The molecule has 0 radical (unpaired) electrons. The number of aliphatic carboxylic acids is 1. The van der Waals surface area contributed by atoms with E-state index in [9.17, 15) is 19.7 Å². The van der Waals surface area contributed by atoms with Crippen molar-refractivity contribution in [2.45, 2.75) is 25.3 Å². The first-order valence-corrected chi connectivity index (χ1v) is 8.64. The third-order valence-electron chi connectivity index (χ3n) is 3.69. The van der Waals surface area contributed by atoms with E-state index < -0.39 is 16.9 Å². The molecule has 9 heteroatoms. The predicted molar refractivity (Wildman–Crippen MR) is 106 cm³/mol. The number of nitro groups is 1. The van der Waals surface area contributed by atoms with E-state index in [4.69, 9.17) is 16.6 Å². The molecule has 9 nitrogen and oxygen atoms in total. The minimum Gasteiger partial charge on any atom is -0.480 e. The maximum atomic E-state index is 11.8. The number of amides is 1. The van der Waals surface area contributed by atoms with Crippen LogP contribution in [0.3, 0.4) is 0 Å². The number of carboxylic acids is 1. The molecular formula is C19H24N4O5. The maximum absolute atomic E-state index is 11.8. The van der Waals surface area contributed by atoms with E-state index in [-0.39, 0.29) is 11.6 Å². The largest absolute Gasteiger partial charge is 0.480 e. The van der Waals surface area contributed by atoms with Gasteiger partial charge < -0.3 is 21.9 Å². The number of non-ortho nitro benzene ring substituents is 1. The van der Waals surface area contributed by atoms with Crippen LogP contribution in [0.4, 0.5) is 11.4 Å². The van der Waals surface area contributed by atoms with Crippen molar-refractivity contribution in [3.63, 3.8) is 0 Å². The molecule has 1 atom stereocenters. The number of rotatable bonds is 8. The quantitative estimate of drug-likeness (QED) is 0.233. The highest BCUT2D eigenvalue weighted by Gasteiger charge is 2.19. The number of nitrogens with one attached hydrogen (secondary N) is 1. The second-order valence-corrected chi connectivity index (χ2v) is 5.86. The standard InChI is InChI=1S/C13H18N2O3.C6H6N2O2/c14-9-5-4-8-11(13(17)18)15-12(16)10-6-2-1-3-7-10;7-5-1-3-6(4-2-5)8(9)10/h1-3,6-7,11H,4-5,8-9,14H2,(H,15,16)(H,17,18);1-4H,7H2. The summed E-state index contributed by atoms with van der Waals surface area (Å²) in [5, 5.41) is 21.6. The molecule has 2 rings (SSSR count). The van der Waals surface area contributed by atoms with E-state index in [0.717, 1.165) is 6.42 Å². The molecule has 0 saturated carbocycles. The fraction of sp³-hybridized carbons (Fsp3) is 0.263. The van der Waals surface area contributed by atoms with Gasteiger partial charge in [0.25, 0.3) is 11.6 Å². The van der Waals surface area contributed by atoms with Gasteiger partial charge in [0.15, 0.2) is 0 Å². The molecule has 0 spiro atoms. The second kappa shape index (κ2) is 12.0. The lowest BCUT2D eigenvalue weighted by Crippen LogP contribution is -2.40. The van der Waals surface area contributed by atoms with Crippen LogP contribution in [0.2, 0.25) is 0 Å². The lowest BCUT2D eigenvalue weighted by molar-refractivity contribution is -0.384. The monoisotopic (exact) mass is 388 g/mol. The first-order chi connectivity index (χ1) is 13.3. The highest BCUT2D eigenvalue weighted by molar-refractivity contribution is 5.96. The zero-order chi connectivity index (χ0) is 20.9. The van der Waals surface area contributed by atoms with Gasteiger partial charge in [0, 0.05) is 23.4 Å². The molecule has 0 bridgehead atoms. The van der Waals surface area contributed by atoms with Crippen molar-refractivity contribution in [1.29, 1.82) is 0 Å². The van der Waals surface area contributed by atoms with Gasteiger partial charge in [-0.25, -0.2) is 4.79 Å². The average Bonchev–Trinajstić information content (AvgIpc) is 2.68. The van der Waals surface area contributed by atoms with Gasteiger partial charge in [-0.1, -0.05) is 18.2 Å². The molecule has 0 aliphatic heterocycles. The smallest absolute Gasteiger partial charge is 0.326 e. The van der Waals surface area contributed by atoms with E-state index in [1.54, 1.807) is 30.3 Å². The van der Waals surface area contributed by atoms with Gasteiger partial charge in [-0.15, -0.1) is 0 Å². The van der Waals surface area contributed by atoms with E-state index >= 15 is 0 Å². The number of nitrogen functional groups attached to an aromatic ring is 1. The van der Waals surface area contributed by atoms with Gasteiger partial charge in [0.2, 0.25) is 0 Å². The lowest BCUT2D eigenvalue weighted by Gasteiger charge is -2.14. The SMILES string of the molecule is NCCCCC(NC(=O)c1ccccc1)C(=O)O.Nc1ccc([N+](=O)[O-])cc1. The number of carbonyl (C=O) groups excluding carboxylic acids is 1. The first kappa shape index (κ1) is 22.6. The molecule has 0 aliphatic carbocycles. The Kier molecular flexibility index (Phi) is 9.70. The Morgan fingerprint density at radius 1 is 1.07 bits per heavy atom. The Labute approximate surface area is 162 Å². The van der Waals surface area contributed by atoms with Crippen molar-refractivity contribution in [1.82, 2.24) is 5.32 Å². The van der Waals surface area contributed by atoms with Crippen molar-refractivity contribution >= 4 is 23.3 Å². The topological polar surface area (TPSA) is 162 Å². The van der Waals surface area contributed by atoms with Crippen molar-refractivity contribution in [2.75, 3.05) is 12.3 Å². The molecular weight excluding hydrogens is 364 g/mol. The lowest BCUT2D eigenvalue weighted by atomic mass is 10.1. The third kappa shape index (κ3) is 8.28. The Balaban J connectivity index is 0.000000330. The van der Waals surface area contributed by atoms with Crippen molar-refractivity contribution in [3.8, 4) is 0 Å². The highest BCUT2D eigenvalue weighted by atomic mass is 16.6. The number of nitro benzene ring substituents is 1. The second-order valence-electron chi connectivity index (χ2n) is 5.86. The highest BCUT2D eigenvalue weighted by Crippen LogP contribution is 2.12. The van der Waals surface area contributed by atoms with Gasteiger partial charge >= 0.3 is 5.97 Å². The Bertz CT molecular complexity index is 766. The molecule has 0 saturated heterocycles. The predicted octanol–water partition coefficient (Wildman–Crippen LogP) is 2.18. The summed E-state index contributed by atoms with van der Waals surface area (Å²) in [5.74, 6) is -1.38. The molecule has 2 aromatic rings. The zero-order valence-corrected chi connectivity index (χ0v) is 15.3. The van der Waals surface area contributed by atoms with Gasteiger partial charge in [-0.05, 0) is 50.1 Å². The first-order valence-electron chi connectivity index (χ1n) is 8.64. The molecule has 28 heavy (non-hydrogen) atoms. The fourth-order valence-electron chi connectivity index (χ4n) is 2.18. The van der Waals surface area contributed by atoms with E-state index in [1.165, 1.54) is 24.3 Å². The number of hydrogen-bond donors (Lipinski definition) is 4. The van der Waals surface area contributed by atoms with Crippen LogP contribution < -0.4 is 16.8 Å². The van der Waals surface area contributed by atoms with Gasteiger partial charge in [0.05, 0.1) is 4.92 Å². The summed E-state index contributed by atoms with van der Waals surface area (Å²) < 4.78 is 0. The van der Waals surface area contributed by atoms with Crippen LogP contribution in [0.1, 0.15) is 29.6 Å². The number of carbonyl (C=O) groups is 2. The summed E-state index contributed by atoms with van der Waals surface area (Å²) in [5.41, 5.74) is 11.7. The number of carboxylic acid groups (broad SMARTS) is 1. The molecule has 0 aliphatic rings. The number of benzene rings is 2. The van der Waals surface area contributed by atoms with Crippen molar-refractivity contribution in [2.24, 2.45) is 5.73 Å². The van der Waals surface area contributed by atoms with E-state index in [2.05, 4.69) is 5.32 Å². The molecule has 150 valence electrons. The summed E-state index contributed by atoms with van der Waals surface area (Å²) in [7, 11) is 0. The van der Waals surface area contributed by atoms with Gasteiger partial charge in [0.1, 0.15) is 6.04 Å². The van der Waals surface area contributed by atoms with Crippen LogP contribution in [-0.4, -0.2) is 34.5 Å². The third-order valence-corrected chi connectivity index (χ3v) is 3.69. The van der Waals surface area contributed by atoms with Crippen LogP contribution in [0, 0.1) is 10.1 Å². The van der Waals surface area contributed by atoms with Crippen LogP contribution in [-0.2, 0) is 4.79 Å². The normalized spacial score (nSPS) is 10.9. The summed E-state index contributed by atoms with van der Waals surface area (Å²) in [6.45, 7) is 0.527. The fourth-order valence-corrected chi connectivity index (χ4v) is 2.18. The number of hydrogen-bond acceptors (Lipinski definition) is 6. The van der Waals surface area contributed by atoms with Crippen molar-refractivity contribution < 1.29 is 19.6 Å². The zero-order valence-electron chi connectivity index (χ0n) is 15.3. The maximum Gasteiger partial charge on any atom is 0.326 e. The average molecular weight is 388 g/mol. The van der Waals surface area contributed by atoms with Gasteiger partial charge in [-0.3, -0.25) is 14.9 Å². The minimum atomic E-state index is -1.02. The molecule has 2 aromatic carbocycles. The molecule has 6 N–H and O–H groups in total. The number of nitrogens with two attached hydrogens (primary N) is 2. The summed E-state index contributed by atoms with van der Waals surface area (Å²) in [6.07, 6.45) is 1.83. The molecule has 1 unspecified atom stereocenters. The minimum absolute atomic E-state index is 0.0641. The van der Waals surface area contributed by atoms with Crippen LogP contribution in [0.5, 0.6) is 0 Å². The number of nitrogens with zero attached hydrogens (tertiary/aromatic N) is 1. The Hall–Kier alpha value is -3.46. The van der Waals surface area contributed by atoms with Crippen LogP contribution in [0.15, 0.2) is 54.6 Å². The molecule has 0 aromatic heterocycles. The van der Waals surface area contributed by atoms with Gasteiger partial charge in [-0.2, -0.15) is 0 Å². The van der Waals surface area contributed by atoms with Crippen LogP contribution >= 0.6 is 0 Å². The number of unbranched alkanes of at least 4 members (excludes halogenated alkanes) is 1. The van der Waals surface area contributed by atoms with E-state index in [1.807, 2.05) is 0 Å².